The van der Waals surface area contributed by atoms with Crippen LogP contribution in [0.3, 0.4) is 0 Å². The number of benzene rings is 1. The third kappa shape index (κ3) is 4.32. The molecular weight excluding hydrogens is 342 g/mol. The van der Waals surface area contributed by atoms with Crippen molar-refractivity contribution >= 4 is 38.9 Å². The summed E-state index contributed by atoms with van der Waals surface area (Å²) in [5.41, 5.74) is 1.23. The monoisotopic (exact) mass is 357 g/mol. The fourth-order valence-electron chi connectivity index (χ4n) is 2.12. The van der Waals surface area contributed by atoms with Crippen LogP contribution in [-0.2, 0) is 6.42 Å². The molecule has 2 aromatic rings. The summed E-state index contributed by atoms with van der Waals surface area (Å²) in [6.07, 6.45) is 1.02. The van der Waals surface area contributed by atoms with Crippen molar-refractivity contribution in [2.45, 2.75) is 19.3 Å². The molecule has 0 amide bonds. The molecule has 0 aliphatic carbocycles. The molecule has 0 bridgehead atoms. The number of halogens is 2. The van der Waals surface area contributed by atoms with Crippen LogP contribution in [0, 0.1) is 0 Å². The van der Waals surface area contributed by atoms with E-state index in [-0.39, 0.29) is 0 Å². The summed E-state index contributed by atoms with van der Waals surface area (Å²) < 4.78 is 1.18. The van der Waals surface area contributed by atoms with Gasteiger partial charge in [-0.25, -0.2) is 0 Å². The molecule has 0 fully saturated rings. The smallest absolute Gasteiger partial charge is 0.0701 e. The van der Waals surface area contributed by atoms with Gasteiger partial charge in [-0.1, -0.05) is 36.7 Å². The number of likely N-dealkylation sites (N-methyl/N-ethyl adjacent to an activating group) is 1. The molecule has 0 spiro atoms. The lowest BCUT2D eigenvalue weighted by Gasteiger charge is -2.18. The van der Waals surface area contributed by atoms with Crippen LogP contribution in [-0.4, -0.2) is 13.1 Å². The molecule has 4 heteroatoms. The SMILES string of the molecule is CCNCC(Cc1ccc(Br)s1)c1ccccc1Cl. The third-order valence-corrected chi connectivity index (χ3v) is 5.05. The van der Waals surface area contributed by atoms with E-state index in [9.17, 15) is 0 Å². The number of thiophene rings is 1. The number of hydrogen-bond acceptors (Lipinski definition) is 2. The highest BCUT2D eigenvalue weighted by atomic mass is 79.9. The molecule has 1 aromatic heterocycles. The molecule has 0 aliphatic heterocycles. The van der Waals surface area contributed by atoms with Crippen LogP contribution in [0.15, 0.2) is 40.2 Å². The predicted molar refractivity (Wildman–Crippen MR) is 88.5 cm³/mol. The largest absolute Gasteiger partial charge is 0.316 e. The normalized spacial score (nSPS) is 12.6. The van der Waals surface area contributed by atoms with Gasteiger partial charge in [0.1, 0.15) is 0 Å². The number of nitrogens with one attached hydrogen (secondary N) is 1. The molecule has 1 aromatic carbocycles. The second kappa shape index (κ2) is 7.44. The van der Waals surface area contributed by atoms with Crippen LogP contribution in [0.1, 0.15) is 23.3 Å². The quantitative estimate of drug-likeness (QED) is 0.757. The van der Waals surface area contributed by atoms with Crippen molar-refractivity contribution in [2.75, 3.05) is 13.1 Å². The lowest BCUT2D eigenvalue weighted by Crippen LogP contribution is -2.22. The van der Waals surface area contributed by atoms with Gasteiger partial charge in [0.25, 0.3) is 0 Å². The Morgan fingerprint density at radius 3 is 2.68 bits per heavy atom. The van der Waals surface area contributed by atoms with Crippen molar-refractivity contribution in [3.8, 4) is 0 Å². The fourth-order valence-corrected chi connectivity index (χ4v) is 3.97. The fraction of sp³-hybridized carbons (Fsp3) is 0.333. The maximum Gasteiger partial charge on any atom is 0.0701 e. The van der Waals surface area contributed by atoms with E-state index in [0.717, 1.165) is 24.5 Å². The highest BCUT2D eigenvalue weighted by Crippen LogP contribution is 2.30. The Hall–Kier alpha value is -0.350. The lowest BCUT2D eigenvalue weighted by atomic mass is 9.95. The zero-order valence-corrected chi connectivity index (χ0v) is 14.0. The van der Waals surface area contributed by atoms with Gasteiger partial charge >= 0.3 is 0 Å². The van der Waals surface area contributed by atoms with Crippen molar-refractivity contribution in [1.29, 1.82) is 0 Å². The number of hydrogen-bond donors (Lipinski definition) is 1. The first-order chi connectivity index (χ1) is 9.20. The van der Waals surface area contributed by atoms with Gasteiger partial charge in [0, 0.05) is 22.4 Å². The standard InChI is InChI=1S/C15H17BrClNS/c1-2-18-10-11(9-12-7-8-15(16)19-12)13-5-3-4-6-14(13)17/h3-8,11,18H,2,9-10H2,1H3. The van der Waals surface area contributed by atoms with Gasteiger partial charge in [-0.05, 0) is 52.7 Å². The summed E-state index contributed by atoms with van der Waals surface area (Å²) in [5, 5.41) is 4.30. The molecule has 0 radical (unpaired) electrons. The Morgan fingerprint density at radius 2 is 2.05 bits per heavy atom. The van der Waals surface area contributed by atoms with Crippen molar-refractivity contribution in [2.24, 2.45) is 0 Å². The topological polar surface area (TPSA) is 12.0 Å². The average Bonchev–Trinajstić information content (AvgIpc) is 2.81. The molecule has 19 heavy (non-hydrogen) atoms. The summed E-state index contributed by atoms with van der Waals surface area (Å²) >= 11 is 11.7. The Morgan fingerprint density at radius 1 is 1.26 bits per heavy atom. The summed E-state index contributed by atoms with van der Waals surface area (Å²) in [6, 6.07) is 12.4. The predicted octanol–water partition coefficient (Wildman–Crippen LogP) is 5.10. The molecule has 1 N–H and O–H groups in total. The minimum absolute atomic E-state index is 0.416. The maximum atomic E-state index is 6.34. The molecule has 2 rings (SSSR count). The summed E-state index contributed by atoms with van der Waals surface area (Å²) in [7, 11) is 0. The van der Waals surface area contributed by atoms with Crippen molar-refractivity contribution in [3.05, 3.63) is 55.6 Å². The zero-order chi connectivity index (χ0) is 13.7. The molecule has 1 unspecified atom stereocenters. The van der Waals surface area contributed by atoms with E-state index in [4.69, 9.17) is 11.6 Å². The van der Waals surface area contributed by atoms with Crippen LogP contribution >= 0.6 is 38.9 Å². The van der Waals surface area contributed by atoms with E-state index < -0.39 is 0 Å². The van der Waals surface area contributed by atoms with Gasteiger partial charge in [0.2, 0.25) is 0 Å². The van der Waals surface area contributed by atoms with Crippen LogP contribution in [0.4, 0.5) is 0 Å². The van der Waals surface area contributed by atoms with E-state index in [2.05, 4.69) is 52.4 Å². The second-order valence-corrected chi connectivity index (χ2v) is 7.39. The van der Waals surface area contributed by atoms with Crippen LogP contribution < -0.4 is 5.32 Å². The molecular formula is C15H17BrClNS. The minimum atomic E-state index is 0.416. The Bertz CT molecular complexity index is 526. The first-order valence-electron chi connectivity index (χ1n) is 6.40. The third-order valence-electron chi connectivity index (χ3n) is 3.06. The van der Waals surface area contributed by atoms with Crippen molar-refractivity contribution in [3.63, 3.8) is 0 Å². The minimum Gasteiger partial charge on any atom is -0.316 e. The highest BCUT2D eigenvalue weighted by Gasteiger charge is 2.15. The summed E-state index contributed by atoms with van der Waals surface area (Å²) in [6.45, 7) is 4.07. The highest BCUT2D eigenvalue weighted by molar-refractivity contribution is 9.11. The maximum absolute atomic E-state index is 6.34. The van der Waals surface area contributed by atoms with E-state index in [1.807, 2.05) is 12.1 Å². The second-order valence-electron chi connectivity index (χ2n) is 4.44. The first kappa shape index (κ1) is 15.0. The first-order valence-corrected chi connectivity index (χ1v) is 8.38. The van der Waals surface area contributed by atoms with Gasteiger partial charge in [-0.3, -0.25) is 0 Å². The van der Waals surface area contributed by atoms with E-state index in [1.54, 1.807) is 11.3 Å². The molecule has 1 heterocycles. The molecule has 1 atom stereocenters. The van der Waals surface area contributed by atoms with E-state index >= 15 is 0 Å². The van der Waals surface area contributed by atoms with Gasteiger partial charge < -0.3 is 5.32 Å². The van der Waals surface area contributed by atoms with Gasteiger partial charge in [0.15, 0.2) is 0 Å². The van der Waals surface area contributed by atoms with E-state index in [0.29, 0.717) is 5.92 Å². The Labute approximate surface area is 132 Å². The Balaban J connectivity index is 2.18. The van der Waals surface area contributed by atoms with Gasteiger partial charge in [-0.15, -0.1) is 11.3 Å². The molecule has 0 saturated heterocycles. The van der Waals surface area contributed by atoms with Crippen LogP contribution in [0.2, 0.25) is 5.02 Å². The van der Waals surface area contributed by atoms with Crippen molar-refractivity contribution in [1.82, 2.24) is 5.32 Å². The zero-order valence-electron chi connectivity index (χ0n) is 10.8. The van der Waals surface area contributed by atoms with Crippen LogP contribution in [0.25, 0.3) is 0 Å². The van der Waals surface area contributed by atoms with Gasteiger partial charge in [-0.2, -0.15) is 0 Å². The van der Waals surface area contributed by atoms with Crippen LogP contribution in [0.5, 0.6) is 0 Å². The summed E-state index contributed by atoms with van der Waals surface area (Å²) in [5.74, 6) is 0.416. The lowest BCUT2D eigenvalue weighted by molar-refractivity contribution is 0.598. The average molecular weight is 359 g/mol. The Kier molecular flexibility index (Phi) is 5.89. The number of rotatable bonds is 6. The molecule has 102 valence electrons. The molecule has 0 saturated carbocycles. The molecule has 1 nitrogen and oxygen atoms in total. The van der Waals surface area contributed by atoms with Gasteiger partial charge in [0.05, 0.1) is 3.79 Å². The molecule has 0 aliphatic rings. The van der Waals surface area contributed by atoms with Crippen molar-refractivity contribution < 1.29 is 0 Å². The summed E-state index contributed by atoms with van der Waals surface area (Å²) in [4.78, 5) is 1.38. The van der Waals surface area contributed by atoms with E-state index in [1.165, 1.54) is 14.2 Å².